The van der Waals surface area contributed by atoms with E-state index in [-0.39, 0.29) is 18.7 Å². The molecule has 2 aliphatic heterocycles. The predicted molar refractivity (Wildman–Crippen MR) is 95.6 cm³/mol. The minimum atomic E-state index is -0.531. The van der Waals surface area contributed by atoms with Gasteiger partial charge in [-0.2, -0.15) is 0 Å². The second kappa shape index (κ2) is 8.19. The van der Waals surface area contributed by atoms with E-state index in [9.17, 15) is 4.79 Å². The molecule has 2 fully saturated rings. The van der Waals surface area contributed by atoms with Crippen molar-refractivity contribution in [2.75, 3.05) is 13.2 Å². The Balaban J connectivity index is 1.47. The number of rotatable bonds is 5. The van der Waals surface area contributed by atoms with Crippen molar-refractivity contribution in [1.82, 2.24) is 0 Å². The molecule has 0 N–H and O–H groups in total. The maximum atomic E-state index is 11.2. The molecular formula is C21H22O6. The van der Waals surface area contributed by atoms with E-state index in [0.29, 0.717) is 6.61 Å². The molecule has 2 heterocycles. The topological polar surface area (TPSA) is 63.2 Å². The SMILES string of the molecule is CC(=O)OC[C@H]1OC(c2ccccc2)O[C@@H]1[C@H]1COC(c2ccccc2)O1. The predicted octanol–water partition coefficient (Wildman–Crippen LogP) is 3.15. The Labute approximate surface area is 157 Å². The number of hydrogen-bond donors (Lipinski definition) is 0. The van der Waals surface area contributed by atoms with Gasteiger partial charge in [0.25, 0.3) is 0 Å². The van der Waals surface area contributed by atoms with Gasteiger partial charge < -0.3 is 23.7 Å². The minimum absolute atomic E-state index is 0.110. The third-order valence-corrected chi connectivity index (χ3v) is 4.62. The highest BCUT2D eigenvalue weighted by Crippen LogP contribution is 2.38. The average Bonchev–Trinajstić information content (AvgIpc) is 3.35. The van der Waals surface area contributed by atoms with Crippen LogP contribution in [0.2, 0.25) is 0 Å². The highest BCUT2D eigenvalue weighted by Gasteiger charge is 2.46. The Morgan fingerprint density at radius 3 is 2.19 bits per heavy atom. The Kier molecular flexibility index (Phi) is 5.50. The zero-order valence-electron chi connectivity index (χ0n) is 15.0. The summed E-state index contributed by atoms with van der Waals surface area (Å²) in [5, 5.41) is 0. The van der Waals surface area contributed by atoms with Crippen LogP contribution in [0.25, 0.3) is 0 Å². The molecule has 0 spiro atoms. The van der Waals surface area contributed by atoms with Gasteiger partial charge in [-0.05, 0) is 0 Å². The fourth-order valence-electron chi connectivity index (χ4n) is 3.30. The summed E-state index contributed by atoms with van der Waals surface area (Å²) in [5.41, 5.74) is 1.86. The summed E-state index contributed by atoms with van der Waals surface area (Å²) in [5.74, 6) is -0.355. The van der Waals surface area contributed by atoms with Crippen molar-refractivity contribution in [3.8, 4) is 0 Å². The molecule has 0 aliphatic carbocycles. The van der Waals surface area contributed by atoms with Crippen molar-refractivity contribution >= 4 is 5.97 Å². The second-order valence-electron chi connectivity index (χ2n) is 6.57. The van der Waals surface area contributed by atoms with Gasteiger partial charge >= 0.3 is 5.97 Å². The molecule has 6 nitrogen and oxygen atoms in total. The van der Waals surface area contributed by atoms with Crippen molar-refractivity contribution in [3.63, 3.8) is 0 Å². The van der Waals surface area contributed by atoms with Crippen molar-refractivity contribution in [3.05, 3.63) is 71.8 Å². The van der Waals surface area contributed by atoms with Crippen LogP contribution in [0.15, 0.2) is 60.7 Å². The largest absolute Gasteiger partial charge is 0.463 e. The van der Waals surface area contributed by atoms with E-state index in [1.54, 1.807) is 0 Å². The fourth-order valence-corrected chi connectivity index (χ4v) is 3.30. The van der Waals surface area contributed by atoms with Crippen LogP contribution in [0.3, 0.4) is 0 Å². The quantitative estimate of drug-likeness (QED) is 0.754. The summed E-state index contributed by atoms with van der Waals surface area (Å²) >= 11 is 0. The first-order valence-electron chi connectivity index (χ1n) is 9.02. The van der Waals surface area contributed by atoms with Crippen LogP contribution >= 0.6 is 0 Å². The lowest BCUT2D eigenvalue weighted by molar-refractivity contribution is -0.146. The van der Waals surface area contributed by atoms with Crippen molar-refractivity contribution in [2.24, 2.45) is 0 Å². The molecule has 0 bridgehead atoms. The summed E-state index contributed by atoms with van der Waals surface area (Å²) in [6.07, 6.45) is -2.11. The van der Waals surface area contributed by atoms with Crippen LogP contribution in [0, 0.1) is 0 Å². The molecule has 0 aromatic heterocycles. The van der Waals surface area contributed by atoms with E-state index in [2.05, 4.69) is 0 Å². The maximum Gasteiger partial charge on any atom is 0.302 e. The average molecular weight is 370 g/mol. The van der Waals surface area contributed by atoms with Crippen LogP contribution in [0.1, 0.15) is 30.6 Å². The molecule has 2 aromatic carbocycles. The molecular weight excluding hydrogens is 348 g/mol. The number of carbonyl (C=O) groups excluding carboxylic acids is 1. The van der Waals surface area contributed by atoms with Gasteiger partial charge in [-0.1, -0.05) is 60.7 Å². The smallest absolute Gasteiger partial charge is 0.302 e. The first-order chi connectivity index (χ1) is 13.2. The van der Waals surface area contributed by atoms with Crippen LogP contribution in [0.5, 0.6) is 0 Å². The van der Waals surface area contributed by atoms with Crippen LogP contribution in [-0.2, 0) is 28.5 Å². The molecule has 4 rings (SSSR count). The number of esters is 1. The van der Waals surface area contributed by atoms with Crippen LogP contribution < -0.4 is 0 Å². The van der Waals surface area contributed by atoms with Gasteiger partial charge in [0.15, 0.2) is 12.6 Å². The van der Waals surface area contributed by atoms with Gasteiger partial charge in [-0.15, -0.1) is 0 Å². The third kappa shape index (κ3) is 4.20. The Morgan fingerprint density at radius 1 is 0.926 bits per heavy atom. The molecule has 0 amide bonds. The Hall–Kier alpha value is -2.25. The van der Waals surface area contributed by atoms with E-state index in [0.717, 1.165) is 11.1 Å². The van der Waals surface area contributed by atoms with Gasteiger partial charge in [0.2, 0.25) is 0 Å². The molecule has 0 radical (unpaired) electrons. The lowest BCUT2D eigenvalue weighted by Crippen LogP contribution is -2.39. The molecule has 0 saturated carbocycles. The Morgan fingerprint density at radius 2 is 1.56 bits per heavy atom. The highest BCUT2D eigenvalue weighted by atomic mass is 16.8. The number of hydrogen-bond acceptors (Lipinski definition) is 6. The molecule has 27 heavy (non-hydrogen) atoms. The monoisotopic (exact) mass is 370 g/mol. The summed E-state index contributed by atoms with van der Waals surface area (Å²) in [6.45, 7) is 1.87. The first kappa shape index (κ1) is 18.1. The molecule has 6 heteroatoms. The number of benzene rings is 2. The molecule has 5 atom stereocenters. The van der Waals surface area contributed by atoms with Crippen molar-refractivity contribution in [1.29, 1.82) is 0 Å². The molecule has 2 saturated heterocycles. The summed E-state index contributed by atoms with van der Waals surface area (Å²) < 4.78 is 29.2. The molecule has 2 unspecified atom stereocenters. The Bertz CT molecular complexity index is 750. The van der Waals surface area contributed by atoms with Gasteiger partial charge in [0.05, 0.1) is 6.61 Å². The van der Waals surface area contributed by atoms with E-state index >= 15 is 0 Å². The zero-order chi connectivity index (χ0) is 18.6. The number of carbonyl (C=O) groups is 1. The normalized spacial score (nSPS) is 30.3. The van der Waals surface area contributed by atoms with Crippen LogP contribution in [0.4, 0.5) is 0 Å². The summed E-state index contributed by atoms with van der Waals surface area (Å²) in [4.78, 5) is 11.2. The molecule has 2 aliphatic rings. The lowest BCUT2D eigenvalue weighted by Gasteiger charge is -2.21. The van der Waals surface area contributed by atoms with Crippen molar-refractivity contribution < 1.29 is 28.5 Å². The van der Waals surface area contributed by atoms with E-state index < -0.39 is 24.8 Å². The zero-order valence-corrected chi connectivity index (χ0v) is 15.0. The second-order valence-corrected chi connectivity index (χ2v) is 6.57. The highest BCUT2D eigenvalue weighted by molar-refractivity contribution is 5.65. The molecule has 142 valence electrons. The fraction of sp³-hybridized carbons (Fsp3) is 0.381. The van der Waals surface area contributed by atoms with Gasteiger partial charge in [0.1, 0.15) is 24.9 Å². The van der Waals surface area contributed by atoms with Crippen LogP contribution in [-0.4, -0.2) is 37.5 Å². The van der Waals surface area contributed by atoms with Gasteiger partial charge in [0, 0.05) is 18.1 Å². The van der Waals surface area contributed by atoms with Gasteiger partial charge in [-0.3, -0.25) is 4.79 Å². The maximum absolute atomic E-state index is 11.2. The third-order valence-electron chi connectivity index (χ3n) is 4.62. The first-order valence-corrected chi connectivity index (χ1v) is 9.02. The van der Waals surface area contributed by atoms with Gasteiger partial charge in [-0.25, -0.2) is 0 Å². The van der Waals surface area contributed by atoms with Crippen molar-refractivity contribution in [2.45, 2.75) is 37.8 Å². The number of ether oxygens (including phenoxy) is 5. The van der Waals surface area contributed by atoms with E-state index in [4.69, 9.17) is 23.7 Å². The van der Waals surface area contributed by atoms with E-state index in [1.807, 2.05) is 60.7 Å². The molecule has 2 aromatic rings. The summed E-state index contributed by atoms with van der Waals surface area (Å²) in [6, 6.07) is 19.4. The van der Waals surface area contributed by atoms with E-state index in [1.165, 1.54) is 6.92 Å². The standard InChI is InChI=1S/C21H22O6/c1-14(22)23-12-17-19(27-21(26-17)16-10-6-3-7-11-16)18-13-24-20(25-18)15-8-4-2-5-9-15/h2-11,17-21H,12-13H2,1H3/t17-,18-,19+,20?,21?/m1/s1. The summed E-state index contributed by atoms with van der Waals surface area (Å²) in [7, 11) is 0. The minimum Gasteiger partial charge on any atom is -0.463 e. The lowest BCUT2D eigenvalue weighted by atomic mass is 10.1.